The summed E-state index contributed by atoms with van der Waals surface area (Å²) in [4.78, 5) is 2.26. The van der Waals surface area contributed by atoms with Crippen LogP contribution in [0.4, 0.5) is 4.39 Å². The summed E-state index contributed by atoms with van der Waals surface area (Å²) in [6, 6.07) is 4.92. The molecule has 1 aliphatic carbocycles. The third-order valence-corrected chi connectivity index (χ3v) is 4.87. The lowest BCUT2D eigenvalue weighted by Crippen LogP contribution is -2.56. The number of nitrogens with one attached hydrogen (secondary N) is 1. The molecule has 1 aliphatic rings. The molecule has 4 heteroatoms. The van der Waals surface area contributed by atoms with Gasteiger partial charge in [0.25, 0.3) is 0 Å². The van der Waals surface area contributed by atoms with Crippen molar-refractivity contribution in [1.82, 2.24) is 10.3 Å². The summed E-state index contributed by atoms with van der Waals surface area (Å²) >= 11 is 0. The van der Waals surface area contributed by atoms with Gasteiger partial charge < -0.3 is 4.90 Å². The van der Waals surface area contributed by atoms with Crippen molar-refractivity contribution in [2.45, 2.75) is 50.6 Å². The van der Waals surface area contributed by atoms with Crippen LogP contribution >= 0.6 is 0 Å². The summed E-state index contributed by atoms with van der Waals surface area (Å²) in [6.45, 7) is 2.02. The molecule has 1 atom stereocenters. The molecule has 112 valence electrons. The number of halogens is 1. The van der Waals surface area contributed by atoms with Crippen molar-refractivity contribution >= 4 is 0 Å². The first-order valence-corrected chi connectivity index (χ1v) is 7.41. The third kappa shape index (κ3) is 2.73. The van der Waals surface area contributed by atoms with Crippen LogP contribution in [0.1, 0.15) is 49.3 Å². The number of rotatable bonds is 4. The lowest BCUT2D eigenvalue weighted by Gasteiger charge is -2.48. The van der Waals surface area contributed by atoms with Gasteiger partial charge >= 0.3 is 0 Å². The van der Waals surface area contributed by atoms with Gasteiger partial charge in [-0.1, -0.05) is 25.3 Å². The van der Waals surface area contributed by atoms with Gasteiger partial charge in [0.2, 0.25) is 0 Å². The lowest BCUT2D eigenvalue weighted by molar-refractivity contribution is 0.0561. The number of hydrogen-bond acceptors (Lipinski definition) is 3. The highest BCUT2D eigenvalue weighted by molar-refractivity contribution is 5.32. The molecule has 0 aliphatic heterocycles. The molecule has 0 saturated heterocycles. The zero-order valence-electron chi connectivity index (χ0n) is 12.7. The second-order valence-corrected chi connectivity index (χ2v) is 6.16. The molecule has 0 heterocycles. The van der Waals surface area contributed by atoms with Crippen LogP contribution in [0.15, 0.2) is 18.2 Å². The average molecular weight is 279 g/mol. The summed E-state index contributed by atoms with van der Waals surface area (Å²) in [7, 11) is 4.20. The number of likely N-dealkylation sites (N-methyl/N-ethyl adjacent to an activating group) is 1. The molecule has 1 saturated carbocycles. The SMILES string of the molecule is Cc1ccc(F)cc1C(NN)C1(N(C)C)CCCCC1. The van der Waals surface area contributed by atoms with E-state index >= 15 is 0 Å². The van der Waals surface area contributed by atoms with Crippen molar-refractivity contribution in [2.75, 3.05) is 14.1 Å². The number of benzene rings is 1. The highest BCUT2D eigenvalue weighted by atomic mass is 19.1. The van der Waals surface area contributed by atoms with Crippen LogP contribution in [0.25, 0.3) is 0 Å². The quantitative estimate of drug-likeness (QED) is 0.658. The van der Waals surface area contributed by atoms with E-state index in [0.717, 1.165) is 24.0 Å². The molecule has 0 spiro atoms. The van der Waals surface area contributed by atoms with Crippen molar-refractivity contribution in [3.63, 3.8) is 0 Å². The van der Waals surface area contributed by atoms with Crippen molar-refractivity contribution in [2.24, 2.45) is 5.84 Å². The molecule has 1 unspecified atom stereocenters. The first-order chi connectivity index (χ1) is 9.51. The summed E-state index contributed by atoms with van der Waals surface area (Å²) in [5, 5.41) is 0. The van der Waals surface area contributed by atoms with Crippen LogP contribution in [0.5, 0.6) is 0 Å². The number of nitrogens with zero attached hydrogens (tertiary/aromatic N) is 1. The molecule has 1 aromatic carbocycles. The second-order valence-electron chi connectivity index (χ2n) is 6.16. The van der Waals surface area contributed by atoms with E-state index in [0.29, 0.717) is 0 Å². The van der Waals surface area contributed by atoms with E-state index < -0.39 is 0 Å². The molecule has 1 aromatic rings. The fourth-order valence-corrected chi connectivity index (χ4v) is 3.61. The van der Waals surface area contributed by atoms with Gasteiger partial charge in [0, 0.05) is 5.54 Å². The summed E-state index contributed by atoms with van der Waals surface area (Å²) in [5.41, 5.74) is 4.99. The Morgan fingerprint density at radius 3 is 2.45 bits per heavy atom. The van der Waals surface area contributed by atoms with Gasteiger partial charge in [-0.05, 0) is 57.1 Å². The Morgan fingerprint density at radius 1 is 1.25 bits per heavy atom. The van der Waals surface area contributed by atoms with E-state index in [-0.39, 0.29) is 17.4 Å². The van der Waals surface area contributed by atoms with Crippen LogP contribution in [0, 0.1) is 12.7 Å². The van der Waals surface area contributed by atoms with Crippen molar-refractivity contribution in [3.05, 3.63) is 35.1 Å². The van der Waals surface area contributed by atoms with E-state index in [4.69, 9.17) is 5.84 Å². The summed E-state index contributed by atoms with van der Waals surface area (Å²) in [6.07, 6.45) is 5.85. The van der Waals surface area contributed by atoms with Gasteiger partial charge in [0.1, 0.15) is 5.82 Å². The molecule has 0 radical (unpaired) electrons. The summed E-state index contributed by atoms with van der Waals surface area (Å²) < 4.78 is 13.7. The topological polar surface area (TPSA) is 41.3 Å². The maximum atomic E-state index is 13.7. The van der Waals surface area contributed by atoms with Gasteiger partial charge in [-0.15, -0.1) is 0 Å². The number of hydrazine groups is 1. The van der Waals surface area contributed by atoms with E-state index in [9.17, 15) is 4.39 Å². The highest BCUT2D eigenvalue weighted by Gasteiger charge is 2.42. The monoisotopic (exact) mass is 279 g/mol. The molecule has 20 heavy (non-hydrogen) atoms. The zero-order valence-corrected chi connectivity index (χ0v) is 12.7. The maximum absolute atomic E-state index is 13.7. The van der Waals surface area contributed by atoms with Crippen LogP contribution in [0.3, 0.4) is 0 Å². The molecule has 2 rings (SSSR count). The van der Waals surface area contributed by atoms with E-state index in [1.165, 1.54) is 25.3 Å². The fraction of sp³-hybridized carbons (Fsp3) is 0.625. The molecule has 0 amide bonds. The third-order valence-electron chi connectivity index (χ3n) is 4.87. The molecular weight excluding hydrogens is 253 g/mol. The van der Waals surface area contributed by atoms with Crippen molar-refractivity contribution in [1.29, 1.82) is 0 Å². The standard InChI is InChI=1S/C16H26FN3/c1-12-7-8-13(17)11-14(12)15(19-18)16(20(2)3)9-5-4-6-10-16/h7-8,11,15,19H,4-6,9-10,18H2,1-3H3. The average Bonchev–Trinajstić information content (AvgIpc) is 2.44. The Balaban J connectivity index is 2.45. The van der Waals surface area contributed by atoms with Gasteiger partial charge in [0.15, 0.2) is 0 Å². The van der Waals surface area contributed by atoms with Crippen molar-refractivity contribution in [3.8, 4) is 0 Å². The first kappa shape index (κ1) is 15.4. The first-order valence-electron chi connectivity index (χ1n) is 7.41. The Hall–Kier alpha value is -0.970. The zero-order chi connectivity index (χ0) is 14.8. The van der Waals surface area contributed by atoms with Crippen molar-refractivity contribution < 1.29 is 4.39 Å². The van der Waals surface area contributed by atoms with Gasteiger partial charge in [0.05, 0.1) is 6.04 Å². The molecule has 3 nitrogen and oxygen atoms in total. The van der Waals surface area contributed by atoms with E-state index in [1.807, 2.05) is 13.0 Å². The normalized spacial score (nSPS) is 20.1. The van der Waals surface area contributed by atoms with Crippen LogP contribution in [-0.2, 0) is 0 Å². The largest absolute Gasteiger partial charge is 0.302 e. The predicted molar refractivity (Wildman–Crippen MR) is 80.7 cm³/mol. The smallest absolute Gasteiger partial charge is 0.123 e. The van der Waals surface area contributed by atoms with Crippen LogP contribution in [0.2, 0.25) is 0 Å². The minimum absolute atomic E-state index is 0.0362. The van der Waals surface area contributed by atoms with Crippen LogP contribution < -0.4 is 11.3 Å². The predicted octanol–water partition coefficient (Wildman–Crippen LogP) is 2.90. The second kappa shape index (κ2) is 6.20. The molecule has 0 bridgehead atoms. The minimum atomic E-state index is -0.199. The number of aryl methyl sites for hydroxylation is 1. The summed E-state index contributed by atoms with van der Waals surface area (Å²) in [5.74, 6) is 5.68. The van der Waals surface area contributed by atoms with Crippen LogP contribution in [-0.4, -0.2) is 24.5 Å². The minimum Gasteiger partial charge on any atom is -0.302 e. The Labute approximate surface area is 121 Å². The Morgan fingerprint density at radius 2 is 1.90 bits per heavy atom. The highest BCUT2D eigenvalue weighted by Crippen LogP contribution is 2.42. The Kier molecular flexibility index (Phi) is 4.78. The molecular formula is C16H26FN3. The van der Waals surface area contributed by atoms with Gasteiger partial charge in [-0.25, -0.2) is 4.39 Å². The fourth-order valence-electron chi connectivity index (χ4n) is 3.61. The number of nitrogens with two attached hydrogens (primary N) is 1. The maximum Gasteiger partial charge on any atom is 0.123 e. The van der Waals surface area contributed by atoms with Gasteiger partial charge in [-0.2, -0.15) is 0 Å². The van der Waals surface area contributed by atoms with E-state index in [1.54, 1.807) is 6.07 Å². The molecule has 0 aromatic heterocycles. The molecule has 3 N–H and O–H groups in total. The lowest BCUT2D eigenvalue weighted by atomic mass is 9.72. The van der Waals surface area contributed by atoms with Gasteiger partial charge in [-0.3, -0.25) is 11.3 Å². The molecule has 1 fully saturated rings. The Bertz CT molecular complexity index is 453. The number of hydrogen-bond donors (Lipinski definition) is 2. The van der Waals surface area contributed by atoms with E-state index in [2.05, 4.69) is 24.4 Å².